The van der Waals surface area contributed by atoms with Crippen LogP contribution < -0.4 is 4.57 Å². The van der Waals surface area contributed by atoms with E-state index in [1.165, 1.54) is 0 Å². The Balaban J connectivity index is 2.50. The summed E-state index contributed by atoms with van der Waals surface area (Å²) in [5.41, 5.74) is 0. The van der Waals surface area contributed by atoms with E-state index < -0.39 is 0 Å². The molecule has 1 N–H and O–H groups in total. The minimum absolute atomic E-state index is 0.891. The first-order valence-corrected chi connectivity index (χ1v) is 3.19. The van der Waals surface area contributed by atoms with Crippen molar-refractivity contribution in [2.24, 2.45) is 0 Å². The van der Waals surface area contributed by atoms with Crippen LogP contribution in [0, 0.1) is 0 Å². The van der Waals surface area contributed by atoms with E-state index >= 15 is 0 Å². The molecule has 0 unspecified atom stereocenters. The van der Waals surface area contributed by atoms with Crippen molar-refractivity contribution in [1.29, 1.82) is 0 Å². The molecule has 44 valence electrons. The minimum atomic E-state index is 0.891. The van der Waals surface area contributed by atoms with Crippen molar-refractivity contribution in [3.8, 4) is 0 Å². The number of nitrogens with zero attached hydrogens (tertiary/aromatic N) is 1. The molecule has 0 fully saturated rings. The number of thiol groups is 1. The third-order valence-corrected chi connectivity index (χ3v) is 1.16. The van der Waals surface area contributed by atoms with Gasteiger partial charge >= 0.3 is 0 Å². The topological polar surface area (TPSA) is 19.7 Å². The van der Waals surface area contributed by atoms with Crippen molar-refractivity contribution < 1.29 is 4.57 Å². The molecule has 0 aliphatic rings. The van der Waals surface area contributed by atoms with Crippen LogP contribution in [0.1, 0.15) is 0 Å². The minimum Gasteiger partial charge on any atom is -0.250 e. The molecular formula is C5H9N2S+. The number of rotatable bonds is 2. The number of H-pyrrole nitrogens is 1. The quantitative estimate of drug-likeness (QED) is 0.421. The van der Waals surface area contributed by atoms with Crippen LogP contribution >= 0.6 is 12.6 Å². The first-order chi connectivity index (χ1) is 3.93. The van der Waals surface area contributed by atoms with Gasteiger partial charge in [-0.2, -0.15) is 12.6 Å². The Morgan fingerprint density at radius 3 is 3.00 bits per heavy atom. The van der Waals surface area contributed by atoms with Crippen LogP contribution in [0.25, 0.3) is 0 Å². The van der Waals surface area contributed by atoms with Crippen LogP contribution in [-0.2, 0) is 6.54 Å². The maximum Gasteiger partial charge on any atom is 0.241 e. The summed E-state index contributed by atoms with van der Waals surface area (Å²) in [6.45, 7) is 0.979. The predicted molar refractivity (Wildman–Crippen MR) is 34.8 cm³/mol. The van der Waals surface area contributed by atoms with Gasteiger partial charge in [-0.25, -0.2) is 4.57 Å². The van der Waals surface area contributed by atoms with Crippen molar-refractivity contribution in [1.82, 2.24) is 4.98 Å². The summed E-state index contributed by atoms with van der Waals surface area (Å²) in [5, 5.41) is 0. The number of aryl methyl sites for hydroxylation is 1. The van der Waals surface area contributed by atoms with Crippen LogP contribution in [0.2, 0.25) is 0 Å². The standard InChI is InChI=1S/C5H8N2S/c8-4-3-7-2-1-6-5-7/h1-2,5,8H,3-4H2/p+1. The van der Waals surface area contributed by atoms with E-state index in [1.807, 2.05) is 23.3 Å². The average Bonchev–Trinajstić information content (AvgIpc) is 2.19. The fraction of sp³-hybridized carbons (Fsp3) is 0.400. The van der Waals surface area contributed by atoms with E-state index in [4.69, 9.17) is 0 Å². The van der Waals surface area contributed by atoms with Gasteiger partial charge in [0.15, 0.2) is 0 Å². The summed E-state index contributed by atoms with van der Waals surface area (Å²) >= 11 is 4.07. The lowest BCUT2D eigenvalue weighted by Gasteiger charge is -1.85. The number of imidazole rings is 1. The largest absolute Gasteiger partial charge is 0.250 e. The SMILES string of the molecule is SCC[n+]1cc[nH]c1. The highest BCUT2D eigenvalue weighted by Gasteiger charge is 1.90. The van der Waals surface area contributed by atoms with E-state index in [0.29, 0.717) is 0 Å². The third kappa shape index (κ3) is 1.26. The molecule has 0 aromatic carbocycles. The van der Waals surface area contributed by atoms with E-state index in [1.54, 1.807) is 0 Å². The van der Waals surface area contributed by atoms with Gasteiger partial charge in [-0.3, -0.25) is 4.98 Å². The van der Waals surface area contributed by atoms with E-state index in [-0.39, 0.29) is 0 Å². The zero-order valence-electron chi connectivity index (χ0n) is 4.54. The predicted octanol–water partition coefficient (Wildman–Crippen LogP) is 0.232. The van der Waals surface area contributed by atoms with Crippen molar-refractivity contribution in [2.45, 2.75) is 6.54 Å². The Bertz CT molecular complexity index is 136. The highest BCUT2D eigenvalue weighted by molar-refractivity contribution is 7.80. The molecule has 2 nitrogen and oxygen atoms in total. The molecule has 0 saturated carbocycles. The molecule has 0 saturated heterocycles. The Labute approximate surface area is 54.0 Å². The molecule has 0 radical (unpaired) electrons. The summed E-state index contributed by atoms with van der Waals surface area (Å²) in [6.07, 6.45) is 5.79. The molecule has 3 heteroatoms. The second-order valence-electron chi connectivity index (χ2n) is 1.57. The third-order valence-electron chi connectivity index (χ3n) is 0.961. The van der Waals surface area contributed by atoms with Crippen LogP contribution in [0.15, 0.2) is 18.7 Å². The Kier molecular flexibility index (Phi) is 1.97. The molecule has 0 aliphatic carbocycles. The molecule has 0 bridgehead atoms. The Morgan fingerprint density at radius 2 is 2.50 bits per heavy atom. The molecule has 8 heavy (non-hydrogen) atoms. The van der Waals surface area contributed by atoms with Gasteiger partial charge in [0.1, 0.15) is 12.4 Å². The van der Waals surface area contributed by atoms with Gasteiger partial charge in [0.25, 0.3) is 0 Å². The van der Waals surface area contributed by atoms with Crippen molar-refractivity contribution >= 4 is 12.6 Å². The molecule has 0 amide bonds. The molecule has 1 aromatic rings. The highest BCUT2D eigenvalue weighted by Crippen LogP contribution is 1.73. The van der Waals surface area contributed by atoms with Crippen LogP contribution in [0.5, 0.6) is 0 Å². The second-order valence-corrected chi connectivity index (χ2v) is 2.02. The van der Waals surface area contributed by atoms with E-state index in [9.17, 15) is 0 Å². The number of aromatic amines is 1. The van der Waals surface area contributed by atoms with Crippen LogP contribution in [0.3, 0.4) is 0 Å². The van der Waals surface area contributed by atoms with Crippen molar-refractivity contribution in [3.63, 3.8) is 0 Å². The van der Waals surface area contributed by atoms with Gasteiger partial charge in [0, 0.05) is 5.75 Å². The summed E-state index contributed by atoms with van der Waals surface area (Å²) in [6, 6.07) is 0. The van der Waals surface area contributed by atoms with Gasteiger partial charge < -0.3 is 0 Å². The monoisotopic (exact) mass is 129 g/mol. The van der Waals surface area contributed by atoms with Gasteiger partial charge in [0.2, 0.25) is 6.33 Å². The average molecular weight is 129 g/mol. The number of nitrogens with one attached hydrogen (secondary N) is 1. The fourth-order valence-electron chi connectivity index (χ4n) is 0.575. The van der Waals surface area contributed by atoms with Crippen molar-refractivity contribution in [3.05, 3.63) is 18.7 Å². The highest BCUT2D eigenvalue weighted by atomic mass is 32.1. The summed E-state index contributed by atoms with van der Waals surface area (Å²) in [7, 11) is 0. The Morgan fingerprint density at radius 1 is 1.62 bits per heavy atom. The van der Waals surface area contributed by atoms with E-state index in [0.717, 1.165) is 12.3 Å². The van der Waals surface area contributed by atoms with Gasteiger partial charge in [-0.1, -0.05) is 0 Å². The van der Waals surface area contributed by atoms with Gasteiger partial charge in [-0.05, 0) is 0 Å². The zero-order valence-corrected chi connectivity index (χ0v) is 5.44. The maximum atomic E-state index is 4.07. The summed E-state index contributed by atoms with van der Waals surface area (Å²) < 4.78 is 2.05. The summed E-state index contributed by atoms with van der Waals surface area (Å²) in [5.74, 6) is 0.891. The van der Waals surface area contributed by atoms with Gasteiger partial charge in [-0.15, -0.1) is 0 Å². The summed E-state index contributed by atoms with van der Waals surface area (Å²) in [4.78, 5) is 2.94. The fourth-order valence-corrected chi connectivity index (χ4v) is 0.806. The molecule has 1 heterocycles. The van der Waals surface area contributed by atoms with E-state index in [2.05, 4.69) is 17.6 Å². The lowest BCUT2D eigenvalue weighted by atomic mass is 10.7. The number of aromatic nitrogens is 2. The lowest BCUT2D eigenvalue weighted by molar-refractivity contribution is -0.691. The zero-order chi connectivity index (χ0) is 5.82. The molecule has 1 aromatic heterocycles. The number of hydrogen-bond donors (Lipinski definition) is 2. The molecule has 0 spiro atoms. The van der Waals surface area contributed by atoms with Gasteiger partial charge in [0.05, 0.1) is 6.54 Å². The van der Waals surface area contributed by atoms with Crippen molar-refractivity contribution in [2.75, 3.05) is 5.75 Å². The normalized spacial score (nSPS) is 9.62. The lowest BCUT2D eigenvalue weighted by Crippen LogP contribution is -2.31. The second kappa shape index (κ2) is 2.77. The van der Waals surface area contributed by atoms with Crippen LogP contribution in [0.4, 0.5) is 0 Å². The first kappa shape index (κ1) is 5.69. The maximum absolute atomic E-state index is 4.07. The molecule has 1 rings (SSSR count). The Hall–Kier alpha value is -0.440. The molecule has 0 aliphatic heterocycles. The molecule has 0 atom stereocenters. The van der Waals surface area contributed by atoms with Crippen LogP contribution in [-0.4, -0.2) is 10.7 Å². The molecular weight excluding hydrogens is 120 g/mol. The smallest absolute Gasteiger partial charge is 0.241 e. The number of hydrogen-bond acceptors (Lipinski definition) is 1. The first-order valence-electron chi connectivity index (χ1n) is 2.56.